The highest BCUT2D eigenvalue weighted by Gasteiger charge is 2.36. The van der Waals surface area contributed by atoms with Crippen LogP contribution in [0.2, 0.25) is 5.02 Å². The highest BCUT2D eigenvalue weighted by molar-refractivity contribution is 6.31. The van der Waals surface area contributed by atoms with Crippen molar-refractivity contribution >= 4 is 46.7 Å². The molecule has 0 saturated carbocycles. The number of nitrogens with one attached hydrogen (secondary N) is 1. The maximum atomic E-state index is 14.4. The van der Waals surface area contributed by atoms with E-state index in [9.17, 15) is 14.0 Å². The second-order valence-corrected chi connectivity index (χ2v) is 8.40. The van der Waals surface area contributed by atoms with Crippen molar-refractivity contribution in [3.8, 4) is 0 Å². The summed E-state index contributed by atoms with van der Waals surface area (Å²) in [5, 5.41) is 8.82. The van der Waals surface area contributed by atoms with E-state index >= 15 is 0 Å². The molecule has 0 aromatic heterocycles. The molecule has 0 radical (unpaired) electrons. The Hall–Kier alpha value is -3.62. The summed E-state index contributed by atoms with van der Waals surface area (Å²) >= 11 is 12.4. The smallest absolute Gasteiger partial charge is 0.414 e. The average Bonchev–Trinajstić information content (AvgIpc) is 3.17. The topological polar surface area (TPSA) is 74.2 Å². The van der Waals surface area contributed by atoms with E-state index in [-0.39, 0.29) is 34.6 Å². The maximum Gasteiger partial charge on any atom is 0.414 e. The number of hydrogen-bond acceptors (Lipinski definition) is 6. The molecule has 1 aliphatic rings. The number of alkyl halides is 1. The van der Waals surface area contributed by atoms with Gasteiger partial charge in [-0.1, -0.05) is 54.1 Å². The second-order valence-electron chi connectivity index (χ2n) is 7.66. The first-order valence-corrected chi connectivity index (χ1v) is 11.5. The number of hydrazone groups is 1. The Labute approximate surface area is 211 Å². The molecule has 1 atom stereocenters. The molecule has 1 unspecified atom stereocenters. The molecule has 0 saturated heterocycles. The number of ketones is 1. The molecule has 1 heterocycles. The molecular weight excluding hydrogens is 494 g/mol. The number of rotatable bonds is 6. The second kappa shape index (κ2) is 10.8. The van der Waals surface area contributed by atoms with Gasteiger partial charge in [0.1, 0.15) is 18.6 Å². The summed E-state index contributed by atoms with van der Waals surface area (Å²) in [6.07, 6.45) is -1.29. The molecule has 1 N–H and O–H groups in total. The van der Waals surface area contributed by atoms with Crippen molar-refractivity contribution in [2.24, 2.45) is 5.10 Å². The quantitative estimate of drug-likeness (QED) is 0.360. The minimum atomic E-state index is -0.739. The molecule has 0 fully saturated rings. The number of nitrogens with zero attached hydrogens (tertiary/aromatic N) is 3. The van der Waals surface area contributed by atoms with Crippen LogP contribution in [0.15, 0.2) is 77.9 Å². The first kappa shape index (κ1) is 24.5. The zero-order chi connectivity index (χ0) is 24.9. The van der Waals surface area contributed by atoms with Gasteiger partial charge in [-0.2, -0.15) is 0 Å². The Morgan fingerprint density at radius 2 is 1.77 bits per heavy atom. The predicted octanol–water partition coefficient (Wildman–Crippen LogP) is 5.22. The first-order valence-electron chi connectivity index (χ1n) is 10.6. The molecule has 180 valence electrons. The Kier molecular flexibility index (Phi) is 7.53. The van der Waals surface area contributed by atoms with Gasteiger partial charge in [-0.15, -0.1) is 16.7 Å². The molecular formula is C25H21Cl2FN4O3. The van der Waals surface area contributed by atoms with Crippen LogP contribution in [0.25, 0.3) is 0 Å². The monoisotopic (exact) mass is 514 g/mol. The summed E-state index contributed by atoms with van der Waals surface area (Å²) < 4.78 is 19.7. The highest BCUT2D eigenvalue weighted by atomic mass is 35.5. The van der Waals surface area contributed by atoms with Crippen LogP contribution in [-0.2, 0) is 11.3 Å². The third-order valence-electron chi connectivity index (χ3n) is 5.36. The van der Waals surface area contributed by atoms with Crippen LogP contribution in [0.5, 0.6) is 0 Å². The van der Waals surface area contributed by atoms with Crippen molar-refractivity contribution < 1.29 is 18.7 Å². The number of guanidine groups is 1. The number of hydrogen-bond donors (Lipinski definition) is 1. The minimum Gasteiger partial charge on any atom is -0.444 e. The van der Waals surface area contributed by atoms with Gasteiger partial charge >= 0.3 is 6.09 Å². The zero-order valence-corrected chi connectivity index (χ0v) is 20.1. The summed E-state index contributed by atoms with van der Waals surface area (Å²) in [6, 6.07) is 19.5. The first-order chi connectivity index (χ1) is 16.9. The van der Waals surface area contributed by atoms with Crippen LogP contribution < -0.4 is 10.2 Å². The summed E-state index contributed by atoms with van der Waals surface area (Å²) in [5.41, 5.74) is 1.18. The molecule has 3 aromatic carbocycles. The van der Waals surface area contributed by atoms with E-state index in [2.05, 4.69) is 10.4 Å². The number of ether oxygens (including phenoxy) is 1. The molecule has 1 aliphatic heterocycles. The van der Waals surface area contributed by atoms with Crippen molar-refractivity contribution in [3.05, 3.63) is 100 Å². The number of halogens is 3. The van der Waals surface area contributed by atoms with Gasteiger partial charge in [0.05, 0.1) is 17.1 Å². The highest BCUT2D eigenvalue weighted by Crippen LogP contribution is 2.32. The van der Waals surface area contributed by atoms with Gasteiger partial charge in [-0.25, -0.2) is 9.18 Å². The Morgan fingerprint density at radius 3 is 2.49 bits per heavy atom. The van der Waals surface area contributed by atoms with Crippen LogP contribution in [0.4, 0.5) is 14.9 Å². The van der Waals surface area contributed by atoms with Crippen molar-refractivity contribution in [1.82, 2.24) is 10.3 Å². The molecule has 4 rings (SSSR count). The van der Waals surface area contributed by atoms with Gasteiger partial charge in [0.2, 0.25) is 5.96 Å². The summed E-state index contributed by atoms with van der Waals surface area (Å²) in [4.78, 5) is 27.5. The molecule has 3 aromatic rings. The SMILES string of the molecule is CN1N=C(NC(=O)OCc2ccccc2)N(c2ccc(Cl)cc2C(=O)c2ccccc2F)C1CCl. The lowest BCUT2D eigenvalue weighted by atomic mass is 10.0. The van der Waals surface area contributed by atoms with Crippen LogP contribution in [0.3, 0.4) is 0 Å². The molecule has 0 aliphatic carbocycles. The van der Waals surface area contributed by atoms with E-state index < -0.39 is 23.9 Å². The Bertz CT molecular complexity index is 1270. The van der Waals surface area contributed by atoms with Gasteiger partial charge in [0.15, 0.2) is 5.78 Å². The van der Waals surface area contributed by atoms with Gasteiger partial charge in [0, 0.05) is 17.6 Å². The summed E-state index contributed by atoms with van der Waals surface area (Å²) in [5.74, 6) is -1.05. The number of carbonyl (C=O) groups excluding carboxylic acids is 2. The van der Waals surface area contributed by atoms with Gasteiger partial charge in [0.25, 0.3) is 0 Å². The largest absolute Gasteiger partial charge is 0.444 e. The fraction of sp³-hybridized carbons (Fsp3) is 0.160. The van der Waals surface area contributed by atoms with Gasteiger partial charge in [-0.3, -0.25) is 20.0 Å². The summed E-state index contributed by atoms with van der Waals surface area (Å²) in [6.45, 7) is 0.0622. The van der Waals surface area contributed by atoms with Crippen LogP contribution in [0, 0.1) is 5.82 Å². The lowest BCUT2D eigenvalue weighted by molar-refractivity contribution is 0.103. The molecule has 7 nitrogen and oxygen atoms in total. The fourth-order valence-electron chi connectivity index (χ4n) is 3.64. The Balaban J connectivity index is 1.65. The van der Waals surface area contributed by atoms with E-state index in [0.717, 1.165) is 5.56 Å². The van der Waals surface area contributed by atoms with Gasteiger partial charge in [-0.05, 0) is 35.9 Å². The van der Waals surface area contributed by atoms with Crippen molar-refractivity contribution in [3.63, 3.8) is 0 Å². The lowest BCUT2D eigenvalue weighted by Gasteiger charge is -2.30. The zero-order valence-electron chi connectivity index (χ0n) is 18.6. The molecule has 1 amide bonds. The van der Waals surface area contributed by atoms with Crippen molar-refractivity contribution in [2.45, 2.75) is 12.8 Å². The summed E-state index contributed by atoms with van der Waals surface area (Å²) in [7, 11) is 1.68. The molecule has 35 heavy (non-hydrogen) atoms. The normalized spacial score (nSPS) is 15.1. The van der Waals surface area contributed by atoms with Crippen LogP contribution >= 0.6 is 23.2 Å². The van der Waals surface area contributed by atoms with E-state index in [1.807, 2.05) is 30.3 Å². The van der Waals surface area contributed by atoms with Crippen molar-refractivity contribution in [2.75, 3.05) is 17.8 Å². The van der Waals surface area contributed by atoms with Crippen molar-refractivity contribution in [1.29, 1.82) is 0 Å². The van der Waals surface area contributed by atoms with Crippen LogP contribution in [-0.4, -0.2) is 41.9 Å². The molecule has 0 spiro atoms. The lowest BCUT2D eigenvalue weighted by Crippen LogP contribution is -2.49. The van der Waals surface area contributed by atoms with E-state index in [1.54, 1.807) is 35.2 Å². The molecule has 10 heteroatoms. The van der Waals surface area contributed by atoms with Crippen LogP contribution in [0.1, 0.15) is 21.5 Å². The third kappa shape index (κ3) is 5.39. The maximum absolute atomic E-state index is 14.4. The number of carbonyl (C=O) groups is 2. The Morgan fingerprint density at radius 1 is 1.06 bits per heavy atom. The standard InChI is InChI=1S/C25H21Cl2FN4O3/c1-31-22(14-26)32(24(30-31)29-25(34)35-15-16-7-3-2-4-8-16)21-12-11-17(27)13-19(21)23(33)18-9-5-6-10-20(18)28/h2-13,22H,14-15H2,1H3,(H,29,30,34). The van der Waals surface area contributed by atoms with Gasteiger partial charge < -0.3 is 4.74 Å². The number of alkyl carbamates (subject to hydrolysis) is 1. The molecule has 0 bridgehead atoms. The van der Waals surface area contributed by atoms with E-state index in [0.29, 0.717) is 5.69 Å². The van der Waals surface area contributed by atoms with E-state index in [4.69, 9.17) is 27.9 Å². The predicted molar refractivity (Wildman–Crippen MR) is 133 cm³/mol. The fourth-order valence-corrected chi connectivity index (χ4v) is 4.15. The van der Waals surface area contributed by atoms with E-state index in [1.165, 1.54) is 24.3 Å². The third-order valence-corrected chi connectivity index (χ3v) is 5.87. The average molecular weight is 515 g/mol. The minimum absolute atomic E-state index is 0.0622. The number of benzene rings is 3. The number of amides is 1. The number of anilines is 1.